The molecular weight excluding hydrogens is 262 g/mol. The fraction of sp³-hybridized carbons (Fsp3) is 0.769. The van der Waals surface area contributed by atoms with Gasteiger partial charge in [0.2, 0.25) is 5.91 Å². The van der Waals surface area contributed by atoms with Crippen LogP contribution in [0, 0.1) is 5.92 Å². The first-order chi connectivity index (χ1) is 9.49. The number of nitrogens with one attached hydrogen (secondary N) is 2. The van der Waals surface area contributed by atoms with Crippen molar-refractivity contribution in [3.05, 3.63) is 0 Å². The number of carbonyl (C=O) groups is 3. The van der Waals surface area contributed by atoms with E-state index in [0.29, 0.717) is 26.1 Å². The van der Waals surface area contributed by atoms with E-state index in [1.54, 1.807) is 0 Å². The van der Waals surface area contributed by atoms with Gasteiger partial charge in [-0.1, -0.05) is 0 Å². The van der Waals surface area contributed by atoms with E-state index in [2.05, 4.69) is 10.6 Å². The topological polar surface area (TPSA) is 87.7 Å². The van der Waals surface area contributed by atoms with Crippen LogP contribution >= 0.6 is 0 Å². The number of rotatable bonds is 8. The predicted molar refractivity (Wildman–Crippen MR) is 73.3 cm³/mol. The van der Waals surface area contributed by atoms with Crippen molar-refractivity contribution in [3.8, 4) is 0 Å². The number of alkyl carbamates (subject to hydrolysis) is 1. The minimum absolute atomic E-state index is 0.0140. The normalized spacial score (nSPS) is 17.9. The lowest BCUT2D eigenvalue weighted by atomic mass is 10.0. The highest BCUT2D eigenvalue weighted by atomic mass is 16.5. The van der Waals surface area contributed by atoms with Crippen molar-refractivity contribution in [2.75, 3.05) is 40.3 Å². The van der Waals surface area contributed by atoms with Crippen LogP contribution in [0.15, 0.2) is 0 Å². The van der Waals surface area contributed by atoms with Crippen LogP contribution in [-0.4, -0.2) is 63.0 Å². The van der Waals surface area contributed by atoms with Crippen LogP contribution in [0.5, 0.6) is 0 Å². The van der Waals surface area contributed by atoms with Crippen LogP contribution in [0.1, 0.15) is 19.3 Å². The summed E-state index contributed by atoms with van der Waals surface area (Å²) < 4.78 is 4.81. The zero-order valence-corrected chi connectivity index (χ0v) is 12.1. The molecule has 1 fully saturated rings. The van der Waals surface area contributed by atoms with Crippen molar-refractivity contribution in [1.82, 2.24) is 15.5 Å². The van der Waals surface area contributed by atoms with E-state index < -0.39 is 6.09 Å². The lowest BCUT2D eigenvalue weighted by Crippen LogP contribution is -2.32. The molecule has 0 saturated carbocycles. The number of carbonyl (C=O) groups excluding carboxylic acids is 3. The molecule has 1 atom stereocenters. The number of ketones is 1. The predicted octanol–water partition coefficient (Wildman–Crippen LogP) is -0.240. The molecule has 1 saturated heterocycles. The molecule has 0 aromatic rings. The van der Waals surface area contributed by atoms with Crippen molar-refractivity contribution >= 4 is 17.8 Å². The summed E-state index contributed by atoms with van der Waals surface area (Å²) >= 11 is 0. The Bertz CT molecular complexity index is 358. The zero-order valence-electron chi connectivity index (χ0n) is 12.1. The second kappa shape index (κ2) is 8.52. The number of Topliss-reactive ketones (excluding diaryl/α,β-unsaturated/α-hetero) is 1. The van der Waals surface area contributed by atoms with Gasteiger partial charge < -0.3 is 20.3 Å². The van der Waals surface area contributed by atoms with Gasteiger partial charge >= 0.3 is 6.09 Å². The Morgan fingerprint density at radius 3 is 2.80 bits per heavy atom. The molecule has 7 nitrogen and oxygen atoms in total. The van der Waals surface area contributed by atoms with Gasteiger partial charge in [0.15, 0.2) is 12.4 Å². The summed E-state index contributed by atoms with van der Waals surface area (Å²) in [6.45, 7) is 1.63. The Labute approximate surface area is 119 Å². The fourth-order valence-corrected chi connectivity index (χ4v) is 1.91. The van der Waals surface area contributed by atoms with Crippen molar-refractivity contribution < 1.29 is 19.1 Å². The van der Waals surface area contributed by atoms with Crippen LogP contribution in [0.2, 0.25) is 0 Å². The van der Waals surface area contributed by atoms with Crippen LogP contribution in [0.3, 0.4) is 0 Å². The van der Waals surface area contributed by atoms with Crippen molar-refractivity contribution in [2.45, 2.75) is 19.3 Å². The van der Waals surface area contributed by atoms with E-state index in [9.17, 15) is 14.4 Å². The van der Waals surface area contributed by atoms with E-state index >= 15 is 0 Å². The van der Waals surface area contributed by atoms with Crippen molar-refractivity contribution in [3.63, 3.8) is 0 Å². The third kappa shape index (κ3) is 6.51. The van der Waals surface area contributed by atoms with Gasteiger partial charge in [0.05, 0.1) is 0 Å². The quantitative estimate of drug-likeness (QED) is 0.642. The lowest BCUT2D eigenvalue weighted by molar-refractivity contribution is -0.124. The molecule has 0 spiro atoms. The Balaban J connectivity index is 2.07. The fourth-order valence-electron chi connectivity index (χ4n) is 1.91. The van der Waals surface area contributed by atoms with E-state index in [1.807, 2.05) is 19.0 Å². The van der Waals surface area contributed by atoms with Gasteiger partial charge in [-0.15, -0.1) is 0 Å². The summed E-state index contributed by atoms with van der Waals surface area (Å²) in [5.41, 5.74) is 0. The van der Waals surface area contributed by atoms with Crippen molar-refractivity contribution in [2.24, 2.45) is 5.92 Å². The summed E-state index contributed by atoms with van der Waals surface area (Å²) in [5, 5.41) is 5.28. The Morgan fingerprint density at radius 2 is 2.20 bits per heavy atom. The number of hydrogen-bond acceptors (Lipinski definition) is 5. The number of amides is 2. The van der Waals surface area contributed by atoms with Gasteiger partial charge in [-0.25, -0.2) is 4.79 Å². The van der Waals surface area contributed by atoms with Crippen LogP contribution in [0.25, 0.3) is 0 Å². The summed E-state index contributed by atoms with van der Waals surface area (Å²) in [6, 6.07) is 0. The lowest BCUT2D eigenvalue weighted by Gasteiger charge is -2.10. The number of ether oxygens (including phenoxy) is 1. The molecular formula is C13H23N3O4. The highest BCUT2D eigenvalue weighted by molar-refractivity contribution is 5.84. The molecule has 0 aliphatic carbocycles. The standard InChI is InChI=1S/C13H23N3O4/c1-16(2)8-7-15-13(19)20-9-11(17)4-3-10-5-6-14-12(10)18/h10H,3-9H2,1-2H3,(H,14,18)(H,15,19)/t10-/m0/s1. The molecule has 1 aliphatic heterocycles. The summed E-state index contributed by atoms with van der Waals surface area (Å²) in [4.78, 5) is 36.1. The SMILES string of the molecule is CN(C)CCNC(=O)OCC(=O)CC[C@H]1CCNC1=O. The molecule has 0 aromatic heterocycles. The Hall–Kier alpha value is -1.63. The summed E-state index contributed by atoms with van der Waals surface area (Å²) in [6.07, 6.45) is 0.982. The van der Waals surface area contributed by atoms with Crippen LogP contribution < -0.4 is 10.6 Å². The van der Waals surface area contributed by atoms with E-state index in [4.69, 9.17) is 4.74 Å². The molecule has 1 heterocycles. The average molecular weight is 285 g/mol. The van der Waals surface area contributed by atoms with Gasteiger partial charge in [-0.2, -0.15) is 0 Å². The largest absolute Gasteiger partial charge is 0.442 e. The second-order valence-electron chi connectivity index (χ2n) is 5.16. The van der Waals surface area contributed by atoms with E-state index in [0.717, 1.165) is 6.42 Å². The van der Waals surface area contributed by atoms with Crippen LogP contribution in [0.4, 0.5) is 4.79 Å². The molecule has 0 bridgehead atoms. The first kappa shape index (κ1) is 16.4. The molecule has 2 amide bonds. The maximum atomic E-state index is 11.5. The number of likely N-dealkylation sites (N-methyl/N-ethyl adjacent to an activating group) is 1. The smallest absolute Gasteiger partial charge is 0.407 e. The van der Waals surface area contributed by atoms with Gasteiger partial charge in [-0.05, 0) is 26.9 Å². The second-order valence-corrected chi connectivity index (χ2v) is 5.16. The first-order valence-corrected chi connectivity index (χ1v) is 6.84. The third-order valence-corrected chi connectivity index (χ3v) is 3.13. The first-order valence-electron chi connectivity index (χ1n) is 6.84. The van der Waals surface area contributed by atoms with E-state index in [1.165, 1.54) is 0 Å². The molecule has 0 radical (unpaired) electrons. The molecule has 7 heteroatoms. The maximum absolute atomic E-state index is 11.5. The van der Waals surface area contributed by atoms with Gasteiger partial charge in [-0.3, -0.25) is 9.59 Å². The number of nitrogens with zero attached hydrogens (tertiary/aromatic N) is 1. The number of hydrogen-bond donors (Lipinski definition) is 2. The minimum atomic E-state index is -0.584. The molecule has 1 rings (SSSR count). The Morgan fingerprint density at radius 1 is 1.45 bits per heavy atom. The highest BCUT2D eigenvalue weighted by Gasteiger charge is 2.24. The summed E-state index contributed by atoms with van der Waals surface area (Å²) in [5.74, 6) is -0.222. The molecule has 1 aliphatic rings. The van der Waals surface area contributed by atoms with Crippen LogP contribution in [-0.2, 0) is 14.3 Å². The summed E-state index contributed by atoms with van der Waals surface area (Å²) in [7, 11) is 3.80. The molecule has 20 heavy (non-hydrogen) atoms. The monoisotopic (exact) mass is 285 g/mol. The average Bonchev–Trinajstić information content (AvgIpc) is 2.79. The van der Waals surface area contributed by atoms with Gasteiger partial charge in [0.25, 0.3) is 0 Å². The molecule has 0 aromatic carbocycles. The molecule has 0 unspecified atom stereocenters. The zero-order chi connectivity index (χ0) is 15.0. The third-order valence-electron chi connectivity index (χ3n) is 3.13. The van der Waals surface area contributed by atoms with Gasteiger partial charge in [0.1, 0.15) is 0 Å². The Kier molecular flexibility index (Phi) is 7.00. The van der Waals surface area contributed by atoms with Crippen molar-refractivity contribution in [1.29, 1.82) is 0 Å². The maximum Gasteiger partial charge on any atom is 0.407 e. The highest BCUT2D eigenvalue weighted by Crippen LogP contribution is 2.15. The minimum Gasteiger partial charge on any atom is -0.442 e. The van der Waals surface area contributed by atoms with E-state index in [-0.39, 0.29) is 30.6 Å². The molecule has 114 valence electrons. The molecule has 2 N–H and O–H groups in total. The van der Waals surface area contributed by atoms with Gasteiger partial charge in [0, 0.05) is 32.0 Å².